The maximum atomic E-state index is 6.94. The van der Waals surface area contributed by atoms with E-state index < -0.39 is 0 Å². The van der Waals surface area contributed by atoms with E-state index >= 15 is 0 Å². The summed E-state index contributed by atoms with van der Waals surface area (Å²) in [7, 11) is 6.41. The van der Waals surface area contributed by atoms with E-state index in [1.54, 1.807) is 0 Å². The molecule has 586 valence electrons. The molecule has 0 amide bonds. The third-order valence-corrected chi connectivity index (χ3v) is 26.6. The zero-order chi connectivity index (χ0) is 81.0. The summed E-state index contributed by atoms with van der Waals surface area (Å²) in [6.07, 6.45) is 16.1. The van der Waals surface area contributed by atoms with Crippen LogP contribution >= 0.6 is 0 Å². The molecule has 4 aliphatic rings. The number of pyridine rings is 3. The second-order valence-electron chi connectivity index (χ2n) is 39.5. The van der Waals surface area contributed by atoms with Crippen LogP contribution in [-0.4, -0.2) is 0 Å². The number of hydrogen-bond donors (Lipinski definition) is 0. The molecule has 0 N–H and O–H groups in total. The molecule has 15 aromatic rings. The Morgan fingerprint density at radius 1 is 0.330 bits per heavy atom. The molecule has 4 aliphatic carbocycles. The van der Waals surface area contributed by atoms with Crippen molar-refractivity contribution < 1.29 is 27.0 Å². The van der Waals surface area contributed by atoms with Gasteiger partial charge in [0.2, 0.25) is 17.1 Å². The molecule has 6 aromatic heterocycles. The van der Waals surface area contributed by atoms with Crippen molar-refractivity contribution in [3.63, 3.8) is 0 Å². The zero-order valence-electron chi connectivity index (χ0n) is 72.7. The van der Waals surface area contributed by atoms with Gasteiger partial charge >= 0.3 is 0 Å². The molecule has 0 radical (unpaired) electrons. The summed E-state index contributed by atoms with van der Waals surface area (Å²) >= 11 is 0. The summed E-state index contributed by atoms with van der Waals surface area (Å²) in [5, 5.41) is 7.26. The molecule has 1 fully saturated rings. The summed E-state index contributed by atoms with van der Waals surface area (Å²) in [5.41, 5.74) is 38.7. The smallest absolute Gasteiger partial charge is 0.216 e. The molecule has 6 heteroatoms. The molecule has 0 aliphatic heterocycles. The maximum Gasteiger partial charge on any atom is 0.216 e. The van der Waals surface area contributed by atoms with E-state index in [1.807, 2.05) is 0 Å². The summed E-state index contributed by atoms with van der Waals surface area (Å²) in [5.74, 6) is 2.61. The highest BCUT2D eigenvalue weighted by Crippen LogP contribution is 2.62. The van der Waals surface area contributed by atoms with Crippen molar-refractivity contribution in [1.29, 1.82) is 0 Å². The Hall–Kier alpha value is -10.2. The first kappa shape index (κ1) is 77.4. The molecular weight excluding hydrogens is 1400 g/mol. The number of hydrogen-bond acceptors (Lipinski definition) is 3. The van der Waals surface area contributed by atoms with Crippen LogP contribution in [0.5, 0.6) is 0 Å². The van der Waals surface area contributed by atoms with E-state index in [4.69, 9.17) is 13.3 Å². The molecular formula is C109H120N3O3+3. The molecule has 1 spiro atoms. The first-order valence-corrected chi connectivity index (χ1v) is 43.1. The van der Waals surface area contributed by atoms with Crippen LogP contribution in [0.4, 0.5) is 0 Å². The fraction of sp³-hybridized carbons (Fsp3) is 0.367. The largest absolute Gasteiger partial charge is 0.455 e. The fourth-order valence-electron chi connectivity index (χ4n) is 21.9. The van der Waals surface area contributed by atoms with Crippen molar-refractivity contribution in [3.05, 3.63) is 267 Å². The number of aromatic nitrogens is 3. The second kappa shape index (κ2) is 28.6. The Balaban J connectivity index is 0.000000125. The summed E-state index contributed by atoms with van der Waals surface area (Å²) in [6.45, 7) is 43.9. The quantitative estimate of drug-likeness (QED) is 0.115. The third-order valence-electron chi connectivity index (χ3n) is 26.6. The van der Waals surface area contributed by atoms with Gasteiger partial charge in [-0.1, -0.05) is 233 Å². The van der Waals surface area contributed by atoms with Gasteiger partial charge in [-0.2, -0.15) is 0 Å². The van der Waals surface area contributed by atoms with Crippen molar-refractivity contribution in [1.82, 2.24) is 0 Å². The minimum atomic E-state index is -0.0631. The van der Waals surface area contributed by atoms with Gasteiger partial charge in [0.1, 0.15) is 54.6 Å². The molecule has 0 saturated heterocycles. The maximum absolute atomic E-state index is 6.94. The molecule has 19 rings (SSSR count). The van der Waals surface area contributed by atoms with Crippen LogP contribution in [0, 0.1) is 43.4 Å². The predicted molar refractivity (Wildman–Crippen MR) is 482 cm³/mol. The average molecular weight is 1520 g/mol. The van der Waals surface area contributed by atoms with Gasteiger partial charge in [-0.3, -0.25) is 0 Å². The highest BCUT2D eigenvalue weighted by Gasteiger charge is 2.50. The molecule has 6 heterocycles. The van der Waals surface area contributed by atoms with Crippen molar-refractivity contribution in [2.45, 2.75) is 217 Å². The summed E-state index contributed by atoms with van der Waals surface area (Å²) < 4.78 is 27.3. The first-order chi connectivity index (χ1) is 54.8. The molecule has 9 aromatic carbocycles. The minimum Gasteiger partial charge on any atom is -0.455 e. The van der Waals surface area contributed by atoms with Crippen LogP contribution in [0.1, 0.15) is 247 Å². The number of fused-ring (bicyclic) bond motifs is 20. The van der Waals surface area contributed by atoms with Crippen molar-refractivity contribution in [2.75, 3.05) is 0 Å². The lowest BCUT2D eigenvalue weighted by atomic mass is 9.62. The number of rotatable bonds is 12. The number of aryl methyl sites for hydroxylation is 6. The van der Waals surface area contributed by atoms with Gasteiger partial charge in [-0.15, -0.1) is 0 Å². The Morgan fingerprint density at radius 2 is 0.643 bits per heavy atom. The van der Waals surface area contributed by atoms with Gasteiger partial charge < -0.3 is 13.3 Å². The molecule has 1 saturated carbocycles. The van der Waals surface area contributed by atoms with E-state index in [0.717, 1.165) is 59.2 Å². The van der Waals surface area contributed by atoms with Gasteiger partial charge in [0.05, 0.1) is 16.7 Å². The highest BCUT2D eigenvalue weighted by atomic mass is 16.3. The molecule has 115 heavy (non-hydrogen) atoms. The minimum absolute atomic E-state index is 0.0121. The van der Waals surface area contributed by atoms with Crippen molar-refractivity contribution >= 4 is 65.8 Å². The fourth-order valence-corrected chi connectivity index (χ4v) is 21.9. The van der Waals surface area contributed by atoms with E-state index in [0.29, 0.717) is 29.6 Å². The lowest BCUT2D eigenvalue weighted by Crippen LogP contribution is -2.35. The van der Waals surface area contributed by atoms with E-state index in [1.165, 1.54) is 192 Å². The number of benzene rings is 9. The van der Waals surface area contributed by atoms with Crippen molar-refractivity contribution in [2.24, 2.45) is 43.8 Å². The molecule has 0 atom stereocenters. The standard InChI is InChI=1S/C39H46NO.C37H42NO.C33H32NO/c1-24(2)26-17-18-40(10)33(19-26)35-25(3)15-16-28-30-20-29-27-13-11-12-14-31(27)39(22-37(4,5)6,23-38(7,8)9)32(29)21-34(30)41-36(28)35;1-22(2)20-37(21-23(3)4)31-12-10-9-11-27(31)29-18-30-28-14-13-25(7)35(36(28)39-34(30)19-32(29)37)33-17-26(24(5)6)15-16-38(33)8;1-20(2)22-13-16-34(4)29(17-22)31-21(3)11-12-24-26-18-25-23-9-5-6-10-27(23)33(14-7-8-15-33)28(25)19-30(26)35-32(24)31/h11-21,24H,22-23H2,1-10H3;9-19,22-24H,20-21H2,1-8H3;5-6,9-13,16-20H,7-8,14-15H2,1-4H3/q3*+1. The van der Waals surface area contributed by atoms with Crippen LogP contribution in [0.2, 0.25) is 0 Å². The van der Waals surface area contributed by atoms with E-state index in [2.05, 4.69) is 367 Å². The highest BCUT2D eigenvalue weighted by molar-refractivity contribution is 6.14. The van der Waals surface area contributed by atoms with Crippen LogP contribution in [0.25, 0.3) is 133 Å². The lowest BCUT2D eigenvalue weighted by Gasteiger charge is -2.42. The Morgan fingerprint density at radius 3 is 0.991 bits per heavy atom. The topological polar surface area (TPSA) is 51.1 Å². The molecule has 6 nitrogen and oxygen atoms in total. The van der Waals surface area contributed by atoms with Gasteiger partial charge in [0.15, 0.2) is 18.6 Å². The van der Waals surface area contributed by atoms with Crippen LogP contribution in [-0.2, 0) is 37.4 Å². The SMILES string of the molecule is Cc1ccc2c(oc3cc4c(cc32)-c2ccccc2C4(CC(C)(C)C)CC(C)(C)C)c1-c1cc(C(C)C)cc[n+]1C.Cc1ccc2c(oc3cc4c(cc32)-c2ccccc2C4(CC(C)C)CC(C)C)c1-c1cc(C(C)C)cc[n+]1C.Cc1ccc2c(oc3cc4c(cc32)-c2ccccc2C42CCCC2)c1-c1cc(C(C)C)cc[n+]1C. The van der Waals surface area contributed by atoms with Crippen LogP contribution in [0.15, 0.2) is 214 Å². The zero-order valence-corrected chi connectivity index (χ0v) is 72.7. The number of nitrogens with zero attached hydrogens (tertiary/aromatic N) is 3. The molecule has 0 unspecified atom stereocenters. The third kappa shape index (κ3) is 13.0. The van der Waals surface area contributed by atoms with Crippen molar-refractivity contribution in [3.8, 4) is 67.2 Å². The van der Waals surface area contributed by atoms with E-state index in [9.17, 15) is 0 Å². The second-order valence-corrected chi connectivity index (χ2v) is 39.5. The van der Waals surface area contributed by atoms with Crippen LogP contribution in [0.3, 0.4) is 0 Å². The molecule has 0 bridgehead atoms. The Kier molecular flexibility index (Phi) is 19.3. The monoisotopic (exact) mass is 1520 g/mol. The number of furan rings is 3. The van der Waals surface area contributed by atoms with Crippen LogP contribution < -0.4 is 13.7 Å². The van der Waals surface area contributed by atoms with Gasteiger partial charge in [0.25, 0.3) is 0 Å². The predicted octanol–water partition coefficient (Wildman–Crippen LogP) is 28.9. The normalized spacial score (nSPS) is 14.9. The van der Waals surface area contributed by atoms with Gasteiger partial charge in [-0.05, 0) is 236 Å². The Bertz CT molecular complexity index is 6360. The van der Waals surface area contributed by atoms with Gasteiger partial charge in [-0.25, -0.2) is 13.7 Å². The van der Waals surface area contributed by atoms with Gasteiger partial charge in [0, 0.05) is 85.0 Å². The first-order valence-electron chi connectivity index (χ1n) is 43.1. The average Bonchev–Trinajstić information content (AvgIpc) is 1.55. The van der Waals surface area contributed by atoms with E-state index in [-0.39, 0.29) is 27.1 Å². The summed E-state index contributed by atoms with van der Waals surface area (Å²) in [6, 6.07) is 69.1. The summed E-state index contributed by atoms with van der Waals surface area (Å²) in [4.78, 5) is 0. The Labute approximate surface area is 683 Å². The lowest BCUT2D eigenvalue weighted by molar-refractivity contribution is -0.660.